The molecule has 2 rings (SSSR count). The maximum Gasteiger partial charge on any atom is 0.123 e. The molecule has 100 valence electrons. The Balaban J connectivity index is 1.83. The molecule has 0 amide bonds. The standard InChI is InChI=1S/C16H16BrClO/c17-12-14-11-15(18)8-9-16(14)19-10-4-7-13-5-2-1-3-6-13/h1-3,5-6,8-9,11H,4,7,10,12H2. The van der Waals surface area contributed by atoms with E-state index in [1.807, 2.05) is 24.3 Å². The van der Waals surface area contributed by atoms with Crippen LogP contribution in [0.5, 0.6) is 5.75 Å². The molecule has 3 heteroatoms. The van der Waals surface area contributed by atoms with Crippen LogP contribution in [0.1, 0.15) is 17.5 Å². The molecule has 0 aromatic heterocycles. The molecular formula is C16H16BrClO. The topological polar surface area (TPSA) is 9.23 Å². The SMILES string of the molecule is Clc1ccc(OCCCc2ccccc2)c(CBr)c1. The molecule has 0 atom stereocenters. The molecule has 0 aliphatic heterocycles. The minimum Gasteiger partial charge on any atom is -0.493 e. The minimum absolute atomic E-state index is 0.719. The van der Waals surface area contributed by atoms with E-state index in [2.05, 4.69) is 40.2 Å². The molecule has 1 nitrogen and oxygen atoms in total. The number of halogens is 2. The fourth-order valence-electron chi connectivity index (χ4n) is 1.90. The van der Waals surface area contributed by atoms with E-state index in [9.17, 15) is 0 Å². The predicted molar refractivity (Wildman–Crippen MR) is 84.3 cm³/mol. The van der Waals surface area contributed by atoms with Crippen molar-refractivity contribution in [1.29, 1.82) is 0 Å². The van der Waals surface area contributed by atoms with Gasteiger partial charge in [-0.2, -0.15) is 0 Å². The summed E-state index contributed by atoms with van der Waals surface area (Å²) < 4.78 is 5.82. The molecule has 2 aromatic rings. The number of benzene rings is 2. The second kappa shape index (κ2) is 7.56. The summed E-state index contributed by atoms with van der Waals surface area (Å²) in [5.74, 6) is 0.911. The molecule has 19 heavy (non-hydrogen) atoms. The van der Waals surface area contributed by atoms with Crippen molar-refractivity contribution in [2.24, 2.45) is 0 Å². The lowest BCUT2D eigenvalue weighted by Gasteiger charge is -2.10. The third-order valence-corrected chi connectivity index (χ3v) is 3.72. The highest BCUT2D eigenvalue weighted by Gasteiger charge is 2.03. The van der Waals surface area contributed by atoms with Crippen molar-refractivity contribution in [3.8, 4) is 5.75 Å². The summed E-state index contributed by atoms with van der Waals surface area (Å²) in [5.41, 5.74) is 2.44. The Morgan fingerprint density at radius 1 is 1.05 bits per heavy atom. The van der Waals surface area contributed by atoms with E-state index < -0.39 is 0 Å². The van der Waals surface area contributed by atoms with Gasteiger partial charge < -0.3 is 4.74 Å². The van der Waals surface area contributed by atoms with Crippen LogP contribution in [0.15, 0.2) is 48.5 Å². The summed E-state index contributed by atoms with van der Waals surface area (Å²) >= 11 is 9.41. The third kappa shape index (κ3) is 4.55. The van der Waals surface area contributed by atoms with Crippen LogP contribution in [0.2, 0.25) is 5.02 Å². The van der Waals surface area contributed by atoms with Crippen LogP contribution in [-0.4, -0.2) is 6.61 Å². The van der Waals surface area contributed by atoms with E-state index in [-0.39, 0.29) is 0 Å². The molecule has 0 fully saturated rings. The van der Waals surface area contributed by atoms with Gasteiger partial charge in [-0.05, 0) is 36.6 Å². The maximum absolute atomic E-state index is 5.96. The van der Waals surface area contributed by atoms with Gasteiger partial charge in [0.1, 0.15) is 5.75 Å². The van der Waals surface area contributed by atoms with Crippen LogP contribution < -0.4 is 4.74 Å². The van der Waals surface area contributed by atoms with E-state index in [4.69, 9.17) is 16.3 Å². The zero-order valence-electron chi connectivity index (χ0n) is 10.6. The molecule has 0 heterocycles. The largest absolute Gasteiger partial charge is 0.493 e. The number of aryl methyl sites for hydroxylation is 1. The van der Waals surface area contributed by atoms with E-state index in [1.54, 1.807) is 0 Å². The first-order chi connectivity index (χ1) is 9.29. The monoisotopic (exact) mass is 338 g/mol. The summed E-state index contributed by atoms with van der Waals surface area (Å²) in [6.07, 6.45) is 2.05. The van der Waals surface area contributed by atoms with Gasteiger partial charge in [0.05, 0.1) is 6.61 Å². The Morgan fingerprint density at radius 3 is 2.58 bits per heavy atom. The molecular weight excluding hydrogens is 324 g/mol. The van der Waals surface area contributed by atoms with E-state index in [0.717, 1.165) is 41.1 Å². The Morgan fingerprint density at radius 2 is 1.84 bits per heavy atom. The van der Waals surface area contributed by atoms with Crippen LogP contribution >= 0.6 is 27.5 Å². The third-order valence-electron chi connectivity index (χ3n) is 2.88. The quantitative estimate of drug-likeness (QED) is 0.516. The van der Waals surface area contributed by atoms with Gasteiger partial charge in [-0.25, -0.2) is 0 Å². The Labute approximate surface area is 127 Å². The molecule has 0 spiro atoms. The number of alkyl halides is 1. The van der Waals surface area contributed by atoms with Crippen molar-refractivity contribution < 1.29 is 4.74 Å². The van der Waals surface area contributed by atoms with E-state index in [1.165, 1.54) is 5.56 Å². The molecule has 0 N–H and O–H groups in total. The second-order valence-corrected chi connectivity index (χ2v) is 5.32. The lowest BCUT2D eigenvalue weighted by atomic mass is 10.1. The van der Waals surface area contributed by atoms with Crippen LogP contribution in [0.3, 0.4) is 0 Å². The zero-order chi connectivity index (χ0) is 13.5. The maximum atomic E-state index is 5.96. The molecule has 0 bridgehead atoms. The van der Waals surface area contributed by atoms with E-state index >= 15 is 0 Å². The minimum atomic E-state index is 0.719. The first-order valence-corrected chi connectivity index (χ1v) is 7.80. The zero-order valence-corrected chi connectivity index (χ0v) is 13.0. The van der Waals surface area contributed by atoms with Crippen molar-refractivity contribution in [1.82, 2.24) is 0 Å². The number of hydrogen-bond donors (Lipinski definition) is 0. The first-order valence-electron chi connectivity index (χ1n) is 6.30. The first kappa shape index (κ1) is 14.4. The summed E-state index contributed by atoms with van der Waals surface area (Å²) in [4.78, 5) is 0. The van der Waals surface area contributed by atoms with Gasteiger partial charge >= 0.3 is 0 Å². The Kier molecular flexibility index (Phi) is 5.74. The normalized spacial score (nSPS) is 10.4. The van der Waals surface area contributed by atoms with Gasteiger partial charge in [0, 0.05) is 15.9 Å². The molecule has 0 unspecified atom stereocenters. The highest BCUT2D eigenvalue weighted by atomic mass is 79.9. The van der Waals surface area contributed by atoms with Crippen LogP contribution in [0.4, 0.5) is 0 Å². The average Bonchev–Trinajstić information content (AvgIpc) is 2.46. The van der Waals surface area contributed by atoms with Gasteiger partial charge in [-0.1, -0.05) is 57.9 Å². The highest BCUT2D eigenvalue weighted by molar-refractivity contribution is 9.08. The van der Waals surface area contributed by atoms with Crippen LogP contribution in [-0.2, 0) is 11.8 Å². The fourth-order valence-corrected chi connectivity index (χ4v) is 2.53. The van der Waals surface area contributed by atoms with Gasteiger partial charge in [-0.3, -0.25) is 0 Å². The fraction of sp³-hybridized carbons (Fsp3) is 0.250. The van der Waals surface area contributed by atoms with Gasteiger partial charge in [-0.15, -0.1) is 0 Å². The smallest absolute Gasteiger partial charge is 0.123 e. The van der Waals surface area contributed by atoms with E-state index in [0.29, 0.717) is 0 Å². The molecule has 0 radical (unpaired) electrons. The van der Waals surface area contributed by atoms with Crippen molar-refractivity contribution in [3.05, 3.63) is 64.7 Å². The van der Waals surface area contributed by atoms with Crippen molar-refractivity contribution in [3.63, 3.8) is 0 Å². The Bertz CT molecular complexity index is 513. The summed E-state index contributed by atoms with van der Waals surface area (Å²) in [6.45, 7) is 0.719. The molecule has 2 aromatic carbocycles. The van der Waals surface area contributed by atoms with Gasteiger partial charge in [0.2, 0.25) is 0 Å². The summed E-state index contributed by atoms with van der Waals surface area (Å²) in [5, 5.41) is 1.49. The lowest BCUT2D eigenvalue weighted by Crippen LogP contribution is -2.01. The molecule has 0 aliphatic rings. The number of ether oxygens (including phenoxy) is 1. The van der Waals surface area contributed by atoms with Crippen LogP contribution in [0, 0.1) is 0 Å². The van der Waals surface area contributed by atoms with Crippen molar-refractivity contribution >= 4 is 27.5 Å². The summed E-state index contributed by atoms with van der Waals surface area (Å²) in [6, 6.07) is 16.2. The number of hydrogen-bond acceptors (Lipinski definition) is 1. The molecule has 0 aliphatic carbocycles. The van der Waals surface area contributed by atoms with Crippen LogP contribution in [0.25, 0.3) is 0 Å². The van der Waals surface area contributed by atoms with Crippen molar-refractivity contribution in [2.75, 3.05) is 6.61 Å². The predicted octanol–water partition coefficient (Wildman–Crippen LogP) is 5.25. The number of rotatable bonds is 6. The average molecular weight is 340 g/mol. The Hall–Kier alpha value is -0.990. The molecule has 0 saturated heterocycles. The van der Waals surface area contributed by atoms with Gasteiger partial charge in [0.15, 0.2) is 0 Å². The lowest BCUT2D eigenvalue weighted by molar-refractivity contribution is 0.309. The van der Waals surface area contributed by atoms with Gasteiger partial charge in [0.25, 0.3) is 0 Å². The summed E-state index contributed by atoms with van der Waals surface area (Å²) in [7, 11) is 0. The second-order valence-electron chi connectivity index (χ2n) is 4.32. The highest BCUT2D eigenvalue weighted by Crippen LogP contribution is 2.25. The van der Waals surface area contributed by atoms with Crippen molar-refractivity contribution in [2.45, 2.75) is 18.2 Å². The molecule has 0 saturated carbocycles.